The Hall–Kier alpha value is -0.430. The summed E-state index contributed by atoms with van der Waals surface area (Å²) in [7, 11) is 1.50. The summed E-state index contributed by atoms with van der Waals surface area (Å²) in [5.74, 6) is 0.116. The monoisotopic (exact) mass is 393 g/mol. The smallest absolute Gasteiger partial charge is 0.132 e. The molecule has 0 aliphatic heterocycles. The highest BCUT2D eigenvalue weighted by molar-refractivity contribution is 9.12. The average Bonchev–Trinajstić information content (AvgIpc) is 2.67. The number of halogens is 3. The van der Waals surface area contributed by atoms with E-state index in [1.165, 1.54) is 24.5 Å². The molecule has 0 radical (unpaired) electrons. The highest BCUT2D eigenvalue weighted by Crippen LogP contribution is 2.37. The highest BCUT2D eigenvalue weighted by atomic mass is 79.9. The van der Waals surface area contributed by atoms with Gasteiger partial charge in [-0.1, -0.05) is 6.07 Å². The first kappa shape index (κ1) is 14.0. The number of methoxy groups -OCH3 is 1. The fourth-order valence-corrected chi connectivity index (χ4v) is 4.55. The zero-order valence-corrected chi connectivity index (χ0v) is 13.4. The summed E-state index contributed by atoms with van der Waals surface area (Å²) in [6, 6.07) is 6.07. The van der Waals surface area contributed by atoms with E-state index < -0.39 is 6.04 Å². The van der Waals surface area contributed by atoms with Crippen LogP contribution in [0.1, 0.15) is 17.2 Å². The van der Waals surface area contributed by atoms with Crippen molar-refractivity contribution < 1.29 is 9.13 Å². The van der Waals surface area contributed by atoms with E-state index in [4.69, 9.17) is 10.5 Å². The van der Waals surface area contributed by atoms with Crippen LogP contribution in [0.3, 0.4) is 0 Å². The average molecular weight is 395 g/mol. The molecule has 1 unspecified atom stereocenters. The first-order valence-corrected chi connectivity index (χ1v) is 7.47. The Labute approximate surface area is 125 Å². The molecule has 0 bridgehead atoms. The van der Waals surface area contributed by atoms with E-state index in [2.05, 4.69) is 31.9 Å². The molecule has 1 atom stereocenters. The van der Waals surface area contributed by atoms with E-state index in [-0.39, 0.29) is 5.82 Å². The third-order valence-corrected chi connectivity index (χ3v) is 4.95. The Balaban J connectivity index is 2.39. The summed E-state index contributed by atoms with van der Waals surface area (Å²) in [5.41, 5.74) is 7.40. The van der Waals surface area contributed by atoms with Gasteiger partial charge >= 0.3 is 0 Å². The van der Waals surface area contributed by atoms with Gasteiger partial charge in [0.05, 0.1) is 20.7 Å². The van der Waals surface area contributed by atoms with Gasteiger partial charge in [0.1, 0.15) is 11.6 Å². The van der Waals surface area contributed by atoms with Gasteiger partial charge in [-0.3, -0.25) is 0 Å². The number of rotatable bonds is 3. The predicted molar refractivity (Wildman–Crippen MR) is 78.7 cm³/mol. The van der Waals surface area contributed by atoms with Gasteiger partial charge in [0, 0.05) is 11.6 Å². The number of thiophene rings is 1. The van der Waals surface area contributed by atoms with Crippen molar-refractivity contribution in [1.29, 1.82) is 0 Å². The quantitative estimate of drug-likeness (QED) is 0.833. The molecule has 1 aromatic heterocycles. The van der Waals surface area contributed by atoms with Crippen LogP contribution in [0.25, 0.3) is 0 Å². The fraction of sp³-hybridized carbons (Fsp3) is 0.167. The molecule has 0 aliphatic rings. The van der Waals surface area contributed by atoms with Crippen LogP contribution in [0.2, 0.25) is 0 Å². The maximum absolute atomic E-state index is 13.9. The third-order valence-electron chi connectivity index (χ3n) is 2.56. The van der Waals surface area contributed by atoms with E-state index in [0.717, 1.165) is 13.1 Å². The van der Waals surface area contributed by atoms with Crippen molar-refractivity contribution in [2.45, 2.75) is 6.04 Å². The van der Waals surface area contributed by atoms with Crippen LogP contribution in [0.4, 0.5) is 4.39 Å². The molecule has 2 N–H and O–H groups in total. The number of benzene rings is 1. The number of nitrogens with two attached hydrogens (primary N) is 1. The van der Waals surface area contributed by atoms with E-state index in [0.29, 0.717) is 11.3 Å². The first-order chi connectivity index (χ1) is 8.52. The lowest BCUT2D eigenvalue weighted by Crippen LogP contribution is -2.13. The molecule has 2 rings (SSSR count). The lowest BCUT2D eigenvalue weighted by atomic mass is 10.0. The molecule has 0 saturated heterocycles. The van der Waals surface area contributed by atoms with Crippen LogP contribution in [0, 0.1) is 5.82 Å². The summed E-state index contributed by atoms with van der Waals surface area (Å²) >= 11 is 8.33. The zero-order chi connectivity index (χ0) is 13.3. The van der Waals surface area contributed by atoms with Gasteiger partial charge in [-0.05, 0) is 49.6 Å². The molecule has 0 fully saturated rings. The Morgan fingerprint density at radius 3 is 2.50 bits per heavy atom. The Morgan fingerprint density at radius 1 is 1.28 bits per heavy atom. The summed E-state index contributed by atoms with van der Waals surface area (Å²) < 4.78 is 20.7. The van der Waals surface area contributed by atoms with Crippen molar-refractivity contribution >= 4 is 43.2 Å². The Kier molecular flexibility index (Phi) is 4.42. The summed E-state index contributed by atoms with van der Waals surface area (Å²) in [6.07, 6.45) is 0. The summed E-state index contributed by atoms with van der Waals surface area (Å²) in [6.45, 7) is 0. The number of ether oxygens (including phenoxy) is 1. The first-order valence-electron chi connectivity index (χ1n) is 5.06. The molecule has 1 aromatic carbocycles. The molecular weight excluding hydrogens is 385 g/mol. The summed E-state index contributed by atoms with van der Waals surface area (Å²) in [4.78, 5) is 0. The van der Waals surface area contributed by atoms with Gasteiger partial charge in [-0.2, -0.15) is 0 Å². The van der Waals surface area contributed by atoms with Crippen LogP contribution in [0.5, 0.6) is 5.75 Å². The van der Waals surface area contributed by atoms with Crippen molar-refractivity contribution in [1.82, 2.24) is 0 Å². The molecule has 2 nitrogen and oxygen atoms in total. The number of hydrogen-bond donors (Lipinski definition) is 1. The van der Waals surface area contributed by atoms with Gasteiger partial charge in [0.15, 0.2) is 0 Å². The second-order valence-electron chi connectivity index (χ2n) is 3.64. The normalized spacial score (nSPS) is 12.5. The lowest BCUT2D eigenvalue weighted by Gasteiger charge is -2.13. The Bertz CT molecular complexity index is 573. The van der Waals surface area contributed by atoms with Crippen LogP contribution in [0.15, 0.2) is 31.8 Å². The van der Waals surface area contributed by atoms with E-state index in [1.54, 1.807) is 12.1 Å². The maximum Gasteiger partial charge on any atom is 0.132 e. The molecule has 96 valence electrons. The minimum absolute atomic E-state index is 0.365. The molecule has 0 aliphatic carbocycles. The molecule has 2 aromatic rings. The van der Waals surface area contributed by atoms with Crippen molar-refractivity contribution in [2.24, 2.45) is 5.73 Å². The highest BCUT2D eigenvalue weighted by Gasteiger charge is 2.18. The van der Waals surface area contributed by atoms with E-state index >= 15 is 0 Å². The van der Waals surface area contributed by atoms with Crippen LogP contribution in [-0.2, 0) is 0 Å². The van der Waals surface area contributed by atoms with E-state index in [9.17, 15) is 4.39 Å². The maximum atomic E-state index is 13.9. The topological polar surface area (TPSA) is 35.2 Å². The standard InChI is InChI=1S/C12H10Br2FNOS/c1-17-6-2-3-7(9(15)4-6)11(16)8-5-10(13)18-12(8)14/h2-5,11H,16H2,1H3. The molecule has 18 heavy (non-hydrogen) atoms. The van der Waals surface area contributed by atoms with Crippen LogP contribution < -0.4 is 10.5 Å². The lowest BCUT2D eigenvalue weighted by molar-refractivity contribution is 0.410. The third kappa shape index (κ3) is 2.77. The predicted octanol–water partition coefficient (Wildman–Crippen LogP) is 4.47. The van der Waals surface area contributed by atoms with Crippen molar-refractivity contribution in [3.05, 3.63) is 48.8 Å². The minimum atomic E-state index is -0.507. The van der Waals surface area contributed by atoms with Crippen molar-refractivity contribution in [3.8, 4) is 5.75 Å². The number of hydrogen-bond acceptors (Lipinski definition) is 3. The fourth-order valence-electron chi connectivity index (χ4n) is 1.62. The molecule has 6 heteroatoms. The van der Waals surface area contributed by atoms with Crippen LogP contribution in [-0.4, -0.2) is 7.11 Å². The Morgan fingerprint density at radius 2 is 2.00 bits per heavy atom. The zero-order valence-electron chi connectivity index (χ0n) is 9.41. The molecular formula is C12H10Br2FNOS. The molecule has 1 heterocycles. The van der Waals surface area contributed by atoms with Crippen molar-refractivity contribution in [3.63, 3.8) is 0 Å². The van der Waals surface area contributed by atoms with Gasteiger partial charge < -0.3 is 10.5 Å². The molecule has 0 spiro atoms. The van der Waals surface area contributed by atoms with Gasteiger partial charge in [-0.25, -0.2) is 4.39 Å². The largest absolute Gasteiger partial charge is 0.497 e. The second-order valence-corrected chi connectivity index (χ2v) is 7.39. The van der Waals surface area contributed by atoms with Crippen molar-refractivity contribution in [2.75, 3.05) is 7.11 Å². The van der Waals surface area contributed by atoms with E-state index in [1.807, 2.05) is 6.07 Å². The van der Waals surface area contributed by atoms with Crippen LogP contribution >= 0.6 is 43.2 Å². The molecule has 0 amide bonds. The second kappa shape index (κ2) is 5.69. The SMILES string of the molecule is COc1ccc(C(N)c2cc(Br)sc2Br)c(F)c1. The minimum Gasteiger partial charge on any atom is -0.497 e. The van der Waals surface area contributed by atoms with Gasteiger partial charge in [0.25, 0.3) is 0 Å². The summed E-state index contributed by atoms with van der Waals surface area (Å²) in [5, 5.41) is 0. The van der Waals surface area contributed by atoms with Gasteiger partial charge in [-0.15, -0.1) is 11.3 Å². The molecule has 0 saturated carbocycles. The van der Waals surface area contributed by atoms with Gasteiger partial charge in [0.2, 0.25) is 0 Å².